The van der Waals surface area contributed by atoms with Crippen LogP contribution in [0.2, 0.25) is 0 Å². The summed E-state index contributed by atoms with van der Waals surface area (Å²) in [6.45, 7) is 3.70. The zero-order valence-electron chi connectivity index (χ0n) is 10.2. The van der Waals surface area contributed by atoms with Crippen molar-refractivity contribution in [2.75, 3.05) is 13.1 Å². The zero-order valence-corrected chi connectivity index (χ0v) is 10.2. The third-order valence-electron chi connectivity index (χ3n) is 4.32. The van der Waals surface area contributed by atoms with Crippen LogP contribution in [0.5, 0.6) is 0 Å². The molecule has 0 aromatic carbocycles. The van der Waals surface area contributed by atoms with Crippen molar-refractivity contribution < 1.29 is 13.2 Å². The van der Waals surface area contributed by atoms with Crippen molar-refractivity contribution in [3.8, 4) is 0 Å². The van der Waals surface area contributed by atoms with E-state index in [0.717, 1.165) is 19.5 Å². The Bertz CT molecular complexity index is 257. The van der Waals surface area contributed by atoms with E-state index in [1.807, 2.05) is 0 Å². The predicted molar refractivity (Wildman–Crippen MR) is 60.5 cm³/mol. The molecule has 2 nitrogen and oxygen atoms in total. The lowest BCUT2D eigenvalue weighted by Gasteiger charge is -2.36. The SMILES string of the molecule is CC1CN(C2CCCC(C(F)(F)F)C2)CC1N. The molecular formula is C12H21F3N2. The number of alkyl halides is 3. The molecule has 2 rings (SSSR count). The van der Waals surface area contributed by atoms with Crippen LogP contribution in [-0.2, 0) is 0 Å². The normalized spacial score (nSPS) is 40.8. The highest BCUT2D eigenvalue weighted by atomic mass is 19.4. The van der Waals surface area contributed by atoms with Crippen molar-refractivity contribution in [3.05, 3.63) is 0 Å². The maximum Gasteiger partial charge on any atom is 0.391 e. The average Bonchev–Trinajstić information content (AvgIpc) is 2.58. The first-order chi connectivity index (χ1) is 7.88. The van der Waals surface area contributed by atoms with Crippen LogP contribution in [0.3, 0.4) is 0 Å². The van der Waals surface area contributed by atoms with E-state index in [9.17, 15) is 13.2 Å². The molecule has 1 saturated heterocycles. The molecule has 0 amide bonds. The van der Waals surface area contributed by atoms with Crippen LogP contribution in [-0.4, -0.2) is 36.2 Å². The molecule has 2 N–H and O–H groups in total. The van der Waals surface area contributed by atoms with E-state index in [-0.39, 0.29) is 18.5 Å². The number of hydrogen-bond donors (Lipinski definition) is 1. The third-order valence-corrected chi connectivity index (χ3v) is 4.32. The molecule has 1 heterocycles. The topological polar surface area (TPSA) is 29.3 Å². The summed E-state index contributed by atoms with van der Waals surface area (Å²) in [5, 5.41) is 0. The van der Waals surface area contributed by atoms with Gasteiger partial charge in [-0.2, -0.15) is 13.2 Å². The van der Waals surface area contributed by atoms with Crippen LogP contribution in [0.1, 0.15) is 32.6 Å². The van der Waals surface area contributed by atoms with Crippen molar-refractivity contribution in [2.24, 2.45) is 17.6 Å². The molecule has 0 aromatic heterocycles. The summed E-state index contributed by atoms with van der Waals surface area (Å²) in [4.78, 5) is 2.17. The summed E-state index contributed by atoms with van der Waals surface area (Å²) < 4.78 is 38.1. The van der Waals surface area contributed by atoms with Crippen LogP contribution in [0.15, 0.2) is 0 Å². The molecule has 5 heteroatoms. The molecule has 0 radical (unpaired) electrons. The van der Waals surface area contributed by atoms with Gasteiger partial charge in [-0.25, -0.2) is 0 Å². The highest BCUT2D eigenvalue weighted by molar-refractivity contribution is 4.91. The molecule has 2 fully saturated rings. The van der Waals surface area contributed by atoms with Gasteiger partial charge in [0.15, 0.2) is 0 Å². The molecule has 4 atom stereocenters. The van der Waals surface area contributed by atoms with E-state index in [1.54, 1.807) is 0 Å². The Morgan fingerprint density at radius 2 is 1.88 bits per heavy atom. The molecule has 2 aliphatic rings. The largest absolute Gasteiger partial charge is 0.391 e. The second kappa shape index (κ2) is 4.76. The molecule has 4 unspecified atom stereocenters. The second-order valence-electron chi connectivity index (χ2n) is 5.65. The highest BCUT2D eigenvalue weighted by Gasteiger charge is 2.44. The third kappa shape index (κ3) is 2.94. The molecule has 1 aliphatic heterocycles. The summed E-state index contributed by atoms with van der Waals surface area (Å²) in [5.41, 5.74) is 5.93. The fourth-order valence-corrected chi connectivity index (χ4v) is 3.12. The van der Waals surface area contributed by atoms with E-state index in [0.29, 0.717) is 18.8 Å². The van der Waals surface area contributed by atoms with E-state index in [2.05, 4.69) is 11.8 Å². The van der Waals surface area contributed by atoms with E-state index >= 15 is 0 Å². The predicted octanol–water partition coefficient (Wildman–Crippen LogP) is 2.39. The van der Waals surface area contributed by atoms with Crippen LogP contribution < -0.4 is 5.73 Å². The standard InChI is InChI=1S/C12H21F3N2/c1-8-6-17(7-11(8)16)10-4-2-3-9(5-10)12(13,14)15/h8-11H,2-7,16H2,1H3. The summed E-state index contributed by atoms with van der Waals surface area (Å²) in [6.07, 6.45) is -1.87. The fourth-order valence-electron chi connectivity index (χ4n) is 3.12. The number of nitrogens with two attached hydrogens (primary N) is 1. The van der Waals surface area contributed by atoms with Gasteiger partial charge in [0, 0.05) is 25.2 Å². The lowest BCUT2D eigenvalue weighted by Crippen LogP contribution is -2.41. The van der Waals surface area contributed by atoms with Gasteiger partial charge in [0.05, 0.1) is 5.92 Å². The van der Waals surface area contributed by atoms with Crippen LogP contribution in [0.25, 0.3) is 0 Å². The Balaban J connectivity index is 1.94. The summed E-state index contributed by atoms with van der Waals surface area (Å²) in [7, 11) is 0. The van der Waals surface area contributed by atoms with Gasteiger partial charge in [-0.1, -0.05) is 13.3 Å². The van der Waals surface area contributed by atoms with E-state index in [1.165, 1.54) is 0 Å². The summed E-state index contributed by atoms with van der Waals surface area (Å²) in [6, 6.07) is 0.215. The van der Waals surface area contributed by atoms with Crippen molar-refractivity contribution >= 4 is 0 Å². The molecule has 17 heavy (non-hydrogen) atoms. The lowest BCUT2D eigenvalue weighted by molar-refractivity contribution is -0.186. The van der Waals surface area contributed by atoms with Crippen molar-refractivity contribution in [1.29, 1.82) is 0 Å². The first-order valence-corrected chi connectivity index (χ1v) is 6.44. The fraction of sp³-hybridized carbons (Fsp3) is 1.00. The molecule has 1 aliphatic carbocycles. The Morgan fingerprint density at radius 3 is 2.41 bits per heavy atom. The Morgan fingerprint density at radius 1 is 1.18 bits per heavy atom. The lowest BCUT2D eigenvalue weighted by atomic mass is 9.84. The summed E-state index contributed by atoms with van der Waals surface area (Å²) >= 11 is 0. The molecule has 0 bridgehead atoms. The maximum atomic E-state index is 12.7. The monoisotopic (exact) mass is 250 g/mol. The molecule has 0 spiro atoms. The van der Waals surface area contributed by atoms with Gasteiger partial charge in [-0.05, 0) is 25.2 Å². The number of halogens is 3. The van der Waals surface area contributed by atoms with Gasteiger partial charge in [-0.3, -0.25) is 4.90 Å². The van der Waals surface area contributed by atoms with Gasteiger partial charge in [0.2, 0.25) is 0 Å². The van der Waals surface area contributed by atoms with Gasteiger partial charge in [0.25, 0.3) is 0 Å². The first-order valence-electron chi connectivity index (χ1n) is 6.44. The number of likely N-dealkylation sites (tertiary alicyclic amines) is 1. The van der Waals surface area contributed by atoms with Crippen LogP contribution in [0.4, 0.5) is 13.2 Å². The molecule has 100 valence electrons. The number of nitrogens with zero attached hydrogens (tertiary/aromatic N) is 1. The second-order valence-corrected chi connectivity index (χ2v) is 5.65. The maximum absolute atomic E-state index is 12.7. The minimum absolute atomic E-state index is 0.0892. The summed E-state index contributed by atoms with van der Waals surface area (Å²) in [5.74, 6) is -0.699. The van der Waals surface area contributed by atoms with Crippen molar-refractivity contribution in [1.82, 2.24) is 4.90 Å². The van der Waals surface area contributed by atoms with E-state index in [4.69, 9.17) is 5.73 Å². The van der Waals surface area contributed by atoms with E-state index < -0.39 is 12.1 Å². The highest BCUT2D eigenvalue weighted by Crippen LogP contribution is 2.39. The van der Waals surface area contributed by atoms with Crippen LogP contribution >= 0.6 is 0 Å². The Kier molecular flexibility index (Phi) is 3.69. The van der Waals surface area contributed by atoms with Crippen molar-refractivity contribution in [3.63, 3.8) is 0 Å². The van der Waals surface area contributed by atoms with Crippen LogP contribution in [0, 0.1) is 11.8 Å². The van der Waals surface area contributed by atoms with Gasteiger partial charge in [-0.15, -0.1) is 0 Å². The minimum Gasteiger partial charge on any atom is -0.326 e. The first kappa shape index (κ1) is 13.1. The molecular weight excluding hydrogens is 229 g/mol. The zero-order chi connectivity index (χ0) is 12.6. The van der Waals surface area contributed by atoms with Crippen molar-refractivity contribution in [2.45, 2.75) is 50.9 Å². The number of hydrogen-bond acceptors (Lipinski definition) is 2. The number of rotatable bonds is 1. The Labute approximate surface area is 100 Å². The smallest absolute Gasteiger partial charge is 0.326 e. The average molecular weight is 250 g/mol. The van der Waals surface area contributed by atoms with Gasteiger partial charge >= 0.3 is 6.18 Å². The molecule has 1 saturated carbocycles. The molecule has 0 aromatic rings. The Hall–Kier alpha value is -0.290. The van der Waals surface area contributed by atoms with Gasteiger partial charge < -0.3 is 5.73 Å². The quantitative estimate of drug-likeness (QED) is 0.774. The minimum atomic E-state index is -4.02. The van der Waals surface area contributed by atoms with Gasteiger partial charge in [0.1, 0.15) is 0 Å².